The van der Waals surface area contributed by atoms with Crippen LogP contribution in [-0.4, -0.2) is 56.6 Å². The van der Waals surface area contributed by atoms with Crippen molar-refractivity contribution < 1.29 is 24.4 Å². The number of aliphatic hydroxyl groups is 2. The maximum absolute atomic E-state index is 8.64. The fraction of sp³-hybridized carbons (Fsp3) is 1.00. The Morgan fingerprint density at radius 1 is 1.00 bits per heavy atom. The van der Waals surface area contributed by atoms with E-state index in [1.54, 1.807) is 7.11 Å². The molecule has 0 aromatic carbocycles. The minimum absolute atomic E-state index is 0.00305. The first-order valence-corrected chi connectivity index (χ1v) is 4.29. The Labute approximate surface area is 78.2 Å². The highest BCUT2D eigenvalue weighted by Gasteiger charge is 2.07. The summed E-state index contributed by atoms with van der Waals surface area (Å²) in [7, 11) is 1.58. The van der Waals surface area contributed by atoms with Gasteiger partial charge >= 0.3 is 0 Å². The summed E-state index contributed by atoms with van der Waals surface area (Å²) >= 11 is 0. The van der Waals surface area contributed by atoms with E-state index in [2.05, 4.69) is 0 Å². The topological polar surface area (TPSA) is 68.2 Å². The van der Waals surface area contributed by atoms with Crippen LogP contribution < -0.4 is 0 Å². The monoisotopic (exact) mass is 194 g/mol. The fourth-order valence-corrected chi connectivity index (χ4v) is 0.767. The zero-order valence-corrected chi connectivity index (χ0v) is 7.94. The molecular formula is C8H18O5. The molecule has 80 valence electrons. The molecule has 0 spiro atoms. The standard InChI is InChI=1S/C8H18O5/c1-11-6-7-13-8(2-3-9)12-5-4-10/h8-10H,2-7H2,1H3. The van der Waals surface area contributed by atoms with Crippen LogP contribution in [0.1, 0.15) is 6.42 Å². The van der Waals surface area contributed by atoms with E-state index in [0.29, 0.717) is 19.6 Å². The molecule has 0 fully saturated rings. The van der Waals surface area contributed by atoms with Crippen LogP contribution in [0.3, 0.4) is 0 Å². The molecule has 0 aliphatic carbocycles. The quantitative estimate of drug-likeness (QED) is 0.378. The molecule has 0 aliphatic heterocycles. The van der Waals surface area contributed by atoms with Crippen LogP contribution in [0.15, 0.2) is 0 Å². The maximum atomic E-state index is 8.64. The Bertz CT molecular complexity index is 98.5. The van der Waals surface area contributed by atoms with Gasteiger partial charge in [0.05, 0.1) is 26.4 Å². The first-order valence-electron chi connectivity index (χ1n) is 4.29. The van der Waals surface area contributed by atoms with Gasteiger partial charge in [-0.05, 0) is 0 Å². The van der Waals surface area contributed by atoms with Crippen LogP contribution in [0.5, 0.6) is 0 Å². The molecule has 13 heavy (non-hydrogen) atoms. The molecule has 2 N–H and O–H groups in total. The number of aliphatic hydroxyl groups excluding tert-OH is 2. The van der Waals surface area contributed by atoms with E-state index in [-0.39, 0.29) is 19.8 Å². The summed E-state index contributed by atoms with van der Waals surface area (Å²) in [5.41, 5.74) is 0. The molecule has 0 bridgehead atoms. The highest BCUT2D eigenvalue weighted by Crippen LogP contribution is 1.99. The van der Waals surface area contributed by atoms with Gasteiger partial charge in [-0.25, -0.2) is 0 Å². The minimum atomic E-state index is -0.452. The van der Waals surface area contributed by atoms with Gasteiger partial charge in [0.2, 0.25) is 0 Å². The molecule has 0 aromatic rings. The van der Waals surface area contributed by atoms with Gasteiger partial charge in [0, 0.05) is 20.1 Å². The Morgan fingerprint density at radius 2 is 1.69 bits per heavy atom. The van der Waals surface area contributed by atoms with Crippen LogP contribution in [0.4, 0.5) is 0 Å². The number of hydrogen-bond acceptors (Lipinski definition) is 5. The molecule has 0 rings (SSSR count). The molecule has 5 heteroatoms. The highest BCUT2D eigenvalue weighted by atomic mass is 16.7. The third-order valence-electron chi connectivity index (χ3n) is 1.35. The van der Waals surface area contributed by atoms with Crippen molar-refractivity contribution in [3.63, 3.8) is 0 Å². The largest absolute Gasteiger partial charge is 0.396 e. The van der Waals surface area contributed by atoms with Crippen molar-refractivity contribution in [3.8, 4) is 0 Å². The Morgan fingerprint density at radius 3 is 2.23 bits per heavy atom. The molecule has 0 radical (unpaired) electrons. The fourth-order valence-electron chi connectivity index (χ4n) is 0.767. The van der Waals surface area contributed by atoms with Crippen molar-refractivity contribution in [1.29, 1.82) is 0 Å². The van der Waals surface area contributed by atoms with E-state index < -0.39 is 6.29 Å². The van der Waals surface area contributed by atoms with E-state index >= 15 is 0 Å². The van der Waals surface area contributed by atoms with Gasteiger partial charge in [-0.1, -0.05) is 0 Å². The van der Waals surface area contributed by atoms with Crippen molar-refractivity contribution >= 4 is 0 Å². The van der Waals surface area contributed by atoms with Gasteiger partial charge in [-0.3, -0.25) is 0 Å². The van der Waals surface area contributed by atoms with Crippen molar-refractivity contribution in [2.75, 3.05) is 40.1 Å². The highest BCUT2D eigenvalue weighted by molar-refractivity contribution is 4.44. The molecule has 0 saturated heterocycles. The van der Waals surface area contributed by atoms with Gasteiger partial charge in [0.15, 0.2) is 6.29 Å². The third kappa shape index (κ3) is 8.14. The summed E-state index contributed by atoms with van der Waals surface area (Å²) in [4.78, 5) is 0. The number of ether oxygens (including phenoxy) is 3. The zero-order valence-electron chi connectivity index (χ0n) is 7.94. The summed E-state index contributed by atoms with van der Waals surface area (Å²) in [5, 5.41) is 17.1. The van der Waals surface area contributed by atoms with Crippen molar-refractivity contribution in [3.05, 3.63) is 0 Å². The van der Waals surface area contributed by atoms with E-state index in [1.165, 1.54) is 0 Å². The molecule has 0 amide bonds. The molecular weight excluding hydrogens is 176 g/mol. The van der Waals surface area contributed by atoms with Gasteiger partial charge in [0.1, 0.15) is 0 Å². The molecule has 5 nitrogen and oxygen atoms in total. The van der Waals surface area contributed by atoms with Gasteiger partial charge in [0.25, 0.3) is 0 Å². The molecule has 0 aromatic heterocycles. The van der Waals surface area contributed by atoms with Gasteiger partial charge < -0.3 is 24.4 Å². The van der Waals surface area contributed by atoms with E-state index in [4.69, 9.17) is 24.4 Å². The predicted octanol–water partition coefficient (Wildman–Crippen LogP) is -0.633. The number of hydrogen-bond donors (Lipinski definition) is 2. The summed E-state index contributed by atoms with van der Waals surface area (Å²) in [6, 6.07) is 0. The molecule has 0 heterocycles. The third-order valence-corrected chi connectivity index (χ3v) is 1.35. The van der Waals surface area contributed by atoms with Crippen LogP contribution >= 0.6 is 0 Å². The first-order chi connectivity index (χ1) is 6.35. The molecule has 1 atom stereocenters. The summed E-state index contributed by atoms with van der Waals surface area (Å²) in [6.07, 6.45) is -0.0451. The smallest absolute Gasteiger partial charge is 0.159 e. The molecule has 1 unspecified atom stereocenters. The summed E-state index contributed by atoms with van der Waals surface area (Å²) < 4.78 is 15.1. The lowest BCUT2D eigenvalue weighted by atomic mass is 10.4. The van der Waals surface area contributed by atoms with Crippen molar-refractivity contribution in [1.82, 2.24) is 0 Å². The van der Waals surface area contributed by atoms with E-state index in [0.717, 1.165) is 0 Å². The Kier molecular flexibility index (Phi) is 9.73. The second kappa shape index (κ2) is 9.88. The Balaban J connectivity index is 3.41. The second-order valence-corrected chi connectivity index (χ2v) is 2.40. The van der Waals surface area contributed by atoms with Crippen LogP contribution in [0.25, 0.3) is 0 Å². The first kappa shape index (κ1) is 12.8. The lowest BCUT2D eigenvalue weighted by Gasteiger charge is -2.16. The Hall–Kier alpha value is -0.200. The second-order valence-electron chi connectivity index (χ2n) is 2.40. The van der Waals surface area contributed by atoms with E-state index in [1.807, 2.05) is 0 Å². The lowest BCUT2D eigenvalue weighted by Crippen LogP contribution is -2.22. The number of rotatable bonds is 9. The summed E-state index contributed by atoms with van der Waals surface area (Å²) in [5.74, 6) is 0. The van der Waals surface area contributed by atoms with Crippen molar-refractivity contribution in [2.45, 2.75) is 12.7 Å². The average molecular weight is 194 g/mol. The minimum Gasteiger partial charge on any atom is -0.396 e. The van der Waals surface area contributed by atoms with E-state index in [9.17, 15) is 0 Å². The van der Waals surface area contributed by atoms with Crippen molar-refractivity contribution in [2.24, 2.45) is 0 Å². The lowest BCUT2D eigenvalue weighted by molar-refractivity contribution is -0.160. The molecule has 0 saturated carbocycles. The number of methoxy groups -OCH3 is 1. The van der Waals surface area contributed by atoms with Gasteiger partial charge in [-0.2, -0.15) is 0 Å². The van der Waals surface area contributed by atoms with Crippen LogP contribution in [0, 0.1) is 0 Å². The van der Waals surface area contributed by atoms with Crippen LogP contribution in [0.2, 0.25) is 0 Å². The van der Waals surface area contributed by atoms with Crippen LogP contribution in [-0.2, 0) is 14.2 Å². The predicted molar refractivity (Wildman–Crippen MR) is 46.4 cm³/mol. The normalized spacial score (nSPS) is 13.2. The average Bonchev–Trinajstić information content (AvgIpc) is 2.14. The molecule has 0 aliphatic rings. The SMILES string of the molecule is COCCOC(CCO)OCCO. The maximum Gasteiger partial charge on any atom is 0.159 e. The van der Waals surface area contributed by atoms with Gasteiger partial charge in [-0.15, -0.1) is 0 Å². The zero-order chi connectivity index (χ0) is 9.94. The summed E-state index contributed by atoms with van der Waals surface area (Å²) in [6.45, 7) is 1.09.